The number of hydrogen-bond acceptors (Lipinski definition) is 2. The minimum absolute atomic E-state index is 0.967. The molecule has 3 rings (SSSR count). The Morgan fingerprint density at radius 1 is 0.593 bits per heavy atom. The summed E-state index contributed by atoms with van der Waals surface area (Å²) >= 11 is 0. The Balaban J connectivity index is 1.45. The summed E-state index contributed by atoms with van der Waals surface area (Å²) in [6.45, 7) is 7.44. The molecule has 2 nitrogen and oxygen atoms in total. The summed E-state index contributed by atoms with van der Waals surface area (Å²) in [5.74, 6) is 0. The van der Waals surface area contributed by atoms with E-state index in [2.05, 4.69) is 84.6 Å². The molecule has 0 atom stereocenters. The zero-order valence-electron chi connectivity index (χ0n) is 17.0. The van der Waals surface area contributed by atoms with Crippen LogP contribution in [0.2, 0.25) is 0 Å². The number of hydrogen-bond donors (Lipinski definition) is 0. The van der Waals surface area contributed by atoms with E-state index in [1.807, 2.05) is 0 Å². The van der Waals surface area contributed by atoms with Crippen molar-refractivity contribution < 1.29 is 0 Å². The maximum atomic E-state index is 2.39. The third-order valence-corrected chi connectivity index (χ3v) is 5.31. The van der Waals surface area contributed by atoms with E-state index in [4.69, 9.17) is 0 Å². The molecule has 27 heavy (non-hydrogen) atoms. The first-order valence-electron chi connectivity index (χ1n) is 10.6. The van der Waals surface area contributed by atoms with Crippen LogP contribution in [0, 0.1) is 0 Å². The second kappa shape index (κ2) is 10.2. The summed E-state index contributed by atoms with van der Waals surface area (Å²) < 4.78 is 0. The predicted octanol–water partition coefficient (Wildman–Crippen LogP) is 6.12. The van der Waals surface area contributed by atoms with Crippen molar-refractivity contribution in [2.75, 3.05) is 6.67 Å². The van der Waals surface area contributed by atoms with Crippen molar-refractivity contribution in [2.24, 2.45) is 0 Å². The lowest BCUT2D eigenvalue weighted by atomic mass is 10.1. The van der Waals surface area contributed by atoms with Crippen LogP contribution in [0.15, 0.2) is 60.9 Å². The van der Waals surface area contributed by atoms with Gasteiger partial charge >= 0.3 is 0 Å². The highest BCUT2D eigenvalue weighted by atomic mass is 15.3. The van der Waals surface area contributed by atoms with Gasteiger partial charge in [0.2, 0.25) is 0 Å². The highest BCUT2D eigenvalue weighted by Gasteiger charge is 2.13. The van der Waals surface area contributed by atoms with Gasteiger partial charge in [-0.1, -0.05) is 75.2 Å². The van der Waals surface area contributed by atoms with Gasteiger partial charge in [0.1, 0.15) is 0 Å². The molecule has 2 heteroatoms. The smallest absolute Gasteiger partial charge is 0.0900 e. The van der Waals surface area contributed by atoms with E-state index >= 15 is 0 Å². The molecular formula is C25H34N2. The van der Waals surface area contributed by atoms with Crippen molar-refractivity contribution in [1.82, 2.24) is 9.80 Å². The Bertz CT molecular complexity index is 639. The number of unbranched alkanes of at least 4 members (excludes halogenated alkanes) is 2. The third-order valence-electron chi connectivity index (χ3n) is 5.31. The van der Waals surface area contributed by atoms with Crippen LogP contribution < -0.4 is 0 Å². The molecule has 0 amide bonds. The van der Waals surface area contributed by atoms with Crippen LogP contribution in [0.3, 0.4) is 0 Å². The molecule has 2 aromatic carbocycles. The van der Waals surface area contributed by atoms with E-state index in [1.165, 1.54) is 60.8 Å². The van der Waals surface area contributed by atoms with E-state index in [-0.39, 0.29) is 0 Å². The largest absolute Gasteiger partial charge is 0.354 e. The highest BCUT2D eigenvalue weighted by molar-refractivity contribution is 5.24. The molecule has 0 bridgehead atoms. The Morgan fingerprint density at radius 2 is 0.963 bits per heavy atom. The van der Waals surface area contributed by atoms with Gasteiger partial charge in [0.25, 0.3) is 0 Å². The fourth-order valence-electron chi connectivity index (χ4n) is 3.58. The SMILES string of the molecule is CCCCc1ccc(CN2C=CN(Cc3ccc(CCCC)cc3)C2)cc1. The first kappa shape index (κ1) is 19.5. The molecule has 0 saturated carbocycles. The van der Waals surface area contributed by atoms with E-state index in [9.17, 15) is 0 Å². The first-order valence-corrected chi connectivity index (χ1v) is 10.6. The summed E-state index contributed by atoms with van der Waals surface area (Å²) in [6, 6.07) is 18.3. The summed E-state index contributed by atoms with van der Waals surface area (Å²) in [5, 5.41) is 0. The van der Waals surface area contributed by atoms with Crippen molar-refractivity contribution in [2.45, 2.75) is 65.5 Å². The van der Waals surface area contributed by atoms with Crippen molar-refractivity contribution in [3.63, 3.8) is 0 Å². The third kappa shape index (κ3) is 6.16. The maximum absolute atomic E-state index is 2.39. The van der Waals surface area contributed by atoms with Crippen molar-refractivity contribution >= 4 is 0 Å². The van der Waals surface area contributed by atoms with Crippen molar-refractivity contribution in [3.05, 3.63) is 83.2 Å². The van der Waals surface area contributed by atoms with Crippen molar-refractivity contribution in [3.8, 4) is 0 Å². The lowest BCUT2D eigenvalue weighted by Crippen LogP contribution is -2.24. The molecule has 2 aromatic rings. The zero-order chi connectivity index (χ0) is 18.9. The molecule has 0 N–H and O–H groups in total. The van der Waals surface area contributed by atoms with Gasteiger partial charge in [-0.15, -0.1) is 0 Å². The maximum Gasteiger partial charge on any atom is 0.0900 e. The average Bonchev–Trinajstić information content (AvgIpc) is 3.13. The quantitative estimate of drug-likeness (QED) is 0.502. The van der Waals surface area contributed by atoms with Crippen LogP contribution in [0.5, 0.6) is 0 Å². The van der Waals surface area contributed by atoms with Gasteiger partial charge in [-0.05, 0) is 47.9 Å². The van der Waals surface area contributed by atoms with Crippen molar-refractivity contribution in [1.29, 1.82) is 0 Å². The van der Waals surface area contributed by atoms with E-state index in [1.54, 1.807) is 0 Å². The standard InChI is InChI=1S/C25H34N2/c1-3-5-7-22-9-13-24(14-10-22)19-26-17-18-27(21-26)20-25-15-11-23(12-16-25)8-6-4-2/h9-18H,3-8,19-21H2,1-2H3. The van der Waals surface area contributed by atoms with Gasteiger partial charge in [0.05, 0.1) is 6.67 Å². The zero-order valence-corrected chi connectivity index (χ0v) is 17.0. The normalized spacial score (nSPS) is 13.6. The number of aryl methyl sites for hydroxylation is 2. The highest BCUT2D eigenvalue weighted by Crippen LogP contribution is 2.17. The Labute approximate surface area is 165 Å². The van der Waals surface area contributed by atoms with Crippen LogP contribution in [0.4, 0.5) is 0 Å². The topological polar surface area (TPSA) is 6.48 Å². The van der Waals surface area contributed by atoms with Gasteiger partial charge in [-0.2, -0.15) is 0 Å². The minimum Gasteiger partial charge on any atom is -0.354 e. The fraction of sp³-hybridized carbons (Fsp3) is 0.440. The van der Waals surface area contributed by atoms with Gasteiger partial charge < -0.3 is 9.80 Å². The molecule has 0 saturated heterocycles. The molecule has 1 aliphatic heterocycles. The predicted molar refractivity (Wildman–Crippen MR) is 115 cm³/mol. The van der Waals surface area contributed by atoms with Crippen LogP contribution in [-0.4, -0.2) is 16.5 Å². The van der Waals surface area contributed by atoms with E-state index in [0.29, 0.717) is 0 Å². The second-order valence-electron chi connectivity index (χ2n) is 7.77. The number of nitrogens with zero attached hydrogens (tertiary/aromatic N) is 2. The van der Waals surface area contributed by atoms with Gasteiger partial charge in [0, 0.05) is 25.5 Å². The number of rotatable bonds is 10. The first-order chi connectivity index (χ1) is 13.3. The van der Waals surface area contributed by atoms with Crippen LogP contribution in [-0.2, 0) is 25.9 Å². The Kier molecular flexibility index (Phi) is 7.38. The van der Waals surface area contributed by atoms with E-state index in [0.717, 1.165) is 19.8 Å². The molecule has 1 heterocycles. The Hall–Kier alpha value is -2.22. The molecular weight excluding hydrogens is 328 g/mol. The van der Waals surface area contributed by atoms with Gasteiger partial charge in [-0.25, -0.2) is 0 Å². The van der Waals surface area contributed by atoms with Gasteiger partial charge in [0.15, 0.2) is 0 Å². The summed E-state index contributed by atoms with van der Waals surface area (Å²) in [6.07, 6.45) is 11.9. The summed E-state index contributed by atoms with van der Waals surface area (Å²) in [5.41, 5.74) is 5.70. The van der Waals surface area contributed by atoms with Crippen LogP contribution >= 0.6 is 0 Å². The number of benzene rings is 2. The van der Waals surface area contributed by atoms with E-state index < -0.39 is 0 Å². The lowest BCUT2D eigenvalue weighted by Gasteiger charge is -2.21. The summed E-state index contributed by atoms with van der Waals surface area (Å²) in [4.78, 5) is 4.77. The molecule has 0 fully saturated rings. The average molecular weight is 363 g/mol. The Morgan fingerprint density at radius 3 is 1.33 bits per heavy atom. The second-order valence-corrected chi connectivity index (χ2v) is 7.77. The molecule has 144 valence electrons. The van der Waals surface area contributed by atoms with Gasteiger partial charge in [-0.3, -0.25) is 0 Å². The monoisotopic (exact) mass is 362 g/mol. The molecule has 0 spiro atoms. The fourth-order valence-corrected chi connectivity index (χ4v) is 3.58. The molecule has 1 aliphatic rings. The van der Waals surface area contributed by atoms with Crippen LogP contribution in [0.1, 0.15) is 61.8 Å². The minimum atomic E-state index is 0.967. The molecule has 0 aliphatic carbocycles. The molecule has 0 unspecified atom stereocenters. The molecule has 0 aromatic heterocycles. The van der Waals surface area contributed by atoms with Crippen LogP contribution in [0.25, 0.3) is 0 Å². The summed E-state index contributed by atoms with van der Waals surface area (Å²) in [7, 11) is 0. The lowest BCUT2D eigenvalue weighted by molar-refractivity contribution is 0.255. The molecule has 0 radical (unpaired) electrons.